The summed E-state index contributed by atoms with van der Waals surface area (Å²) in [5.74, 6) is -0.787. The second kappa shape index (κ2) is 10.2. The Hall–Kier alpha value is -2.42. The number of carboxylic acid groups (broad SMARTS) is 1. The SMILES string of the molecule is O=C(O)NCc1ccc(-c2ccc([C@@H](O)[C@@H](CF)NC(=O)C(Cl)Cl)cc2)cn1. The predicted octanol–water partition coefficient (Wildman–Crippen LogP) is 2.81. The van der Waals surface area contributed by atoms with E-state index in [1.165, 1.54) is 0 Å². The van der Waals surface area contributed by atoms with Gasteiger partial charge in [-0.3, -0.25) is 9.78 Å². The first kappa shape index (κ1) is 21.9. The average Bonchev–Trinajstić information content (AvgIpc) is 2.70. The summed E-state index contributed by atoms with van der Waals surface area (Å²) in [6.45, 7) is -0.895. The van der Waals surface area contributed by atoms with E-state index in [0.29, 0.717) is 11.3 Å². The lowest BCUT2D eigenvalue weighted by atomic mass is 9.99. The molecule has 0 aliphatic heterocycles. The molecule has 0 radical (unpaired) electrons. The lowest BCUT2D eigenvalue weighted by Crippen LogP contribution is -2.43. The van der Waals surface area contributed by atoms with Gasteiger partial charge in [0.15, 0.2) is 4.84 Å². The van der Waals surface area contributed by atoms with Crippen LogP contribution in [0.2, 0.25) is 0 Å². The number of benzene rings is 1. The highest BCUT2D eigenvalue weighted by atomic mass is 35.5. The van der Waals surface area contributed by atoms with Gasteiger partial charge < -0.3 is 20.8 Å². The van der Waals surface area contributed by atoms with Crippen LogP contribution in [0.4, 0.5) is 9.18 Å². The third-order valence-corrected chi connectivity index (χ3v) is 4.30. The molecule has 7 nitrogen and oxygen atoms in total. The standard InChI is InChI=1S/C18H18Cl2FN3O4/c19-16(20)17(26)24-14(7-21)15(25)11-3-1-10(2-4-11)12-5-6-13(22-8-12)9-23-18(27)28/h1-6,8,14-16,23,25H,7,9H2,(H,24,26)(H,27,28)/t14-,15-/m1/s1. The van der Waals surface area contributed by atoms with Gasteiger partial charge in [0.2, 0.25) is 0 Å². The molecule has 2 aromatic rings. The maximum Gasteiger partial charge on any atom is 0.404 e. The molecule has 0 spiro atoms. The van der Waals surface area contributed by atoms with Gasteiger partial charge >= 0.3 is 6.09 Å². The number of alkyl halides is 3. The van der Waals surface area contributed by atoms with Crippen molar-refractivity contribution in [3.8, 4) is 11.1 Å². The fraction of sp³-hybridized carbons (Fsp3) is 0.278. The molecule has 4 N–H and O–H groups in total. The molecule has 0 fully saturated rings. The zero-order valence-electron chi connectivity index (χ0n) is 14.5. The van der Waals surface area contributed by atoms with Crippen LogP contribution < -0.4 is 10.6 Å². The maximum absolute atomic E-state index is 13.2. The molecule has 10 heteroatoms. The lowest BCUT2D eigenvalue weighted by Gasteiger charge is -2.22. The molecule has 2 rings (SSSR count). The van der Waals surface area contributed by atoms with Gasteiger partial charge in [0.25, 0.3) is 5.91 Å². The number of aliphatic hydroxyl groups excluding tert-OH is 1. The molecule has 0 bridgehead atoms. The van der Waals surface area contributed by atoms with Crippen molar-refractivity contribution in [1.82, 2.24) is 15.6 Å². The quantitative estimate of drug-likeness (QED) is 0.482. The zero-order chi connectivity index (χ0) is 20.7. The number of amides is 2. The minimum absolute atomic E-state index is 0.0997. The fourth-order valence-electron chi connectivity index (χ4n) is 2.42. The van der Waals surface area contributed by atoms with Crippen LogP contribution in [0.5, 0.6) is 0 Å². The van der Waals surface area contributed by atoms with Crippen molar-refractivity contribution >= 4 is 35.2 Å². The molecular formula is C18H18Cl2FN3O4. The van der Waals surface area contributed by atoms with E-state index in [0.717, 1.165) is 11.1 Å². The van der Waals surface area contributed by atoms with Crippen molar-refractivity contribution in [1.29, 1.82) is 0 Å². The average molecular weight is 430 g/mol. The van der Waals surface area contributed by atoms with E-state index in [-0.39, 0.29) is 6.54 Å². The number of rotatable bonds is 8. The first-order chi connectivity index (χ1) is 13.3. The Labute approximate surface area is 170 Å². The molecule has 0 saturated heterocycles. The molecule has 0 aliphatic rings. The number of nitrogens with one attached hydrogen (secondary N) is 2. The van der Waals surface area contributed by atoms with E-state index in [2.05, 4.69) is 15.6 Å². The Morgan fingerprint density at radius 2 is 1.75 bits per heavy atom. The van der Waals surface area contributed by atoms with Crippen LogP contribution >= 0.6 is 23.2 Å². The highest BCUT2D eigenvalue weighted by Gasteiger charge is 2.25. The van der Waals surface area contributed by atoms with Gasteiger partial charge in [-0.1, -0.05) is 53.5 Å². The van der Waals surface area contributed by atoms with Gasteiger partial charge in [0.05, 0.1) is 18.3 Å². The summed E-state index contributed by atoms with van der Waals surface area (Å²) in [7, 11) is 0. The topological polar surface area (TPSA) is 112 Å². The summed E-state index contributed by atoms with van der Waals surface area (Å²) in [4.78, 5) is 24.8. The number of pyridine rings is 1. The van der Waals surface area contributed by atoms with Gasteiger partial charge in [-0.25, -0.2) is 9.18 Å². The molecule has 150 valence electrons. The van der Waals surface area contributed by atoms with E-state index in [1.807, 2.05) is 0 Å². The van der Waals surface area contributed by atoms with E-state index < -0.39 is 35.7 Å². The van der Waals surface area contributed by atoms with E-state index in [9.17, 15) is 19.1 Å². The number of aromatic nitrogens is 1. The van der Waals surface area contributed by atoms with E-state index in [1.54, 1.807) is 42.6 Å². The van der Waals surface area contributed by atoms with Crippen LogP contribution in [0.1, 0.15) is 17.4 Å². The molecule has 0 unspecified atom stereocenters. The summed E-state index contributed by atoms with van der Waals surface area (Å²) in [5.41, 5.74) is 2.55. The number of carbonyl (C=O) groups excluding carboxylic acids is 1. The Morgan fingerprint density at radius 1 is 1.11 bits per heavy atom. The highest BCUT2D eigenvalue weighted by Crippen LogP contribution is 2.24. The molecule has 0 saturated carbocycles. The Bertz CT molecular complexity index is 803. The molecule has 1 aromatic heterocycles. The second-order valence-corrected chi connectivity index (χ2v) is 6.93. The van der Waals surface area contributed by atoms with Crippen LogP contribution in [0.15, 0.2) is 42.6 Å². The third-order valence-electron chi connectivity index (χ3n) is 3.90. The molecule has 2 amide bonds. The molecule has 0 aliphatic carbocycles. The summed E-state index contributed by atoms with van der Waals surface area (Å²) in [5, 5.41) is 23.4. The van der Waals surface area contributed by atoms with E-state index >= 15 is 0 Å². The third kappa shape index (κ3) is 6.05. The van der Waals surface area contributed by atoms with Crippen molar-refractivity contribution in [2.45, 2.75) is 23.5 Å². The van der Waals surface area contributed by atoms with Crippen molar-refractivity contribution < 1.29 is 24.2 Å². The summed E-state index contributed by atoms with van der Waals surface area (Å²) in [6.07, 6.45) is -0.816. The minimum atomic E-state index is -1.36. The van der Waals surface area contributed by atoms with Crippen LogP contribution in [-0.2, 0) is 11.3 Å². The van der Waals surface area contributed by atoms with Gasteiger partial charge in [0, 0.05) is 11.8 Å². The van der Waals surface area contributed by atoms with E-state index in [4.69, 9.17) is 28.3 Å². The number of carbonyl (C=O) groups is 2. The van der Waals surface area contributed by atoms with Gasteiger partial charge in [-0.05, 0) is 17.2 Å². The van der Waals surface area contributed by atoms with Gasteiger partial charge in [0.1, 0.15) is 12.8 Å². The maximum atomic E-state index is 13.2. The minimum Gasteiger partial charge on any atom is -0.465 e. The number of aliphatic hydroxyl groups is 1. The largest absolute Gasteiger partial charge is 0.465 e. The molecule has 1 aromatic carbocycles. The van der Waals surface area contributed by atoms with Crippen molar-refractivity contribution in [3.05, 3.63) is 53.9 Å². The Balaban J connectivity index is 2.07. The van der Waals surface area contributed by atoms with Gasteiger partial charge in [-0.15, -0.1) is 0 Å². The molecule has 2 atom stereocenters. The van der Waals surface area contributed by atoms with Crippen LogP contribution in [0, 0.1) is 0 Å². The first-order valence-electron chi connectivity index (χ1n) is 8.16. The Morgan fingerprint density at radius 3 is 2.25 bits per heavy atom. The summed E-state index contributed by atoms with van der Waals surface area (Å²) in [6, 6.07) is 8.93. The Kier molecular flexibility index (Phi) is 7.98. The monoisotopic (exact) mass is 429 g/mol. The molecule has 28 heavy (non-hydrogen) atoms. The predicted molar refractivity (Wildman–Crippen MR) is 103 cm³/mol. The second-order valence-electron chi connectivity index (χ2n) is 5.83. The number of halogens is 3. The van der Waals surface area contributed by atoms with Crippen molar-refractivity contribution in [3.63, 3.8) is 0 Å². The summed E-state index contributed by atoms with van der Waals surface area (Å²) < 4.78 is 13.2. The molecule has 1 heterocycles. The fourth-order valence-corrected chi connectivity index (χ4v) is 2.54. The van der Waals surface area contributed by atoms with Crippen LogP contribution in [-0.4, -0.2) is 44.8 Å². The lowest BCUT2D eigenvalue weighted by molar-refractivity contribution is -0.121. The van der Waals surface area contributed by atoms with Crippen molar-refractivity contribution in [2.24, 2.45) is 0 Å². The zero-order valence-corrected chi connectivity index (χ0v) is 16.0. The van der Waals surface area contributed by atoms with Crippen LogP contribution in [0.25, 0.3) is 11.1 Å². The number of hydrogen-bond acceptors (Lipinski definition) is 4. The van der Waals surface area contributed by atoms with Crippen molar-refractivity contribution in [2.75, 3.05) is 6.67 Å². The van der Waals surface area contributed by atoms with Crippen LogP contribution in [0.3, 0.4) is 0 Å². The smallest absolute Gasteiger partial charge is 0.404 e. The molecular weight excluding hydrogens is 412 g/mol. The summed E-state index contributed by atoms with van der Waals surface area (Å²) >= 11 is 10.9. The van der Waals surface area contributed by atoms with Gasteiger partial charge in [-0.2, -0.15) is 0 Å². The number of hydrogen-bond donors (Lipinski definition) is 4. The highest BCUT2D eigenvalue weighted by molar-refractivity contribution is 6.53. The normalized spacial score (nSPS) is 13.0. The number of nitrogens with zero attached hydrogens (tertiary/aromatic N) is 1. The first-order valence-corrected chi connectivity index (χ1v) is 9.03.